The van der Waals surface area contributed by atoms with Gasteiger partial charge in [-0.2, -0.15) is 4.99 Å². The molecular formula is C12H13NO3. The molecule has 0 spiro atoms. The Morgan fingerprint density at radius 3 is 3.19 bits per heavy atom. The summed E-state index contributed by atoms with van der Waals surface area (Å²) in [6.07, 6.45) is 3.64. The van der Waals surface area contributed by atoms with Crippen molar-refractivity contribution < 1.29 is 14.3 Å². The molecule has 0 aliphatic carbocycles. The van der Waals surface area contributed by atoms with Crippen LogP contribution in [0.4, 0.5) is 5.69 Å². The number of benzene rings is 1. The molecule has 0 saturated carbocycles. The molecule has 1 aromatic rings. The van der Waals surface area contributed by atoms with Gasteiger partial charge in [-0.15, -0.1) is 0 Å². The van der Waals surface area contributed by atoms with Crippen LogP contribution in [0.5, 0.6) is 5.75 Å². The average molecular weight is 219 g/mol. The summed E-state index contributed by atoms with van der Waals surface area (Å²) in [4.78, 5) is 13.7. The smallest absolute Gasteiger partial charge is 0.240 e. The van der Waals surface area contributed by atoms with Gasteiger partial charge in [0, 0.05) is 12.7 Å². The Morgan fingerprint density at radius 2 is 2.44 bits per heavy atom. The number of hydrogen-bond donors (Lipinski definition) is 0. The Hall–Kier alpha value is -1.64. The third-order valence-electron chi connectivity index (χ3n) is 2.41. The number of hydrogen-bond acceptors (Lipinski definition) is 4. The van der Waals surface area contributed by atoms with Gasteiger partial charge in [-0.05, 0) is 25.0 Å². The van der Waals surface area contributed by atoms with E-state index in [0.29, 0.717) is 18.0 Å². The van der Waals surface area contributed by atoms with Crippen molar-refractivity contribution in [2.75, 3.05) is 13.2 Å². The number of aliphatic imine (C=N–C) groups is 1. The molecule has 1 saturated heterocycles. The highest BCUT2D eigenvalue weighted by Crippen LogP contribution is 2.22. The fraction of sp³-hybridized carbons (Fsp3) is 0.417. The van der Waals surface area contributed by atoms with Crippen molar-refractivity contribution in [1.82, 2.24) is 0 Å². The fourth-order valence-corrected chi connectivity index (χ4v) is 1.68. The lowest BCUT2D eigenvalue weighted by molar-refractivity contribution is 0.00745. The van der Waals surface area contributed by atoms with Crippen molar-refractivity contribution in [2.24, 2.45) is 4.99 Å². The molecule has 16 heavy (non-hydrogen) atoms. The van der Waals surface area contributed by atoms with E-state index < -0.39 is 0 Å². The highest BCUT2D eigenvalue weighted by atomic mass is 16.5. The quantitative estimate of drug-likeness (QED) is 0.578. The lowest BCUT2D eigenvalue weighted by Crippen LogP contribution is -2.27. The van der Waals surface area contributed by atoms with Crippen molar-refractivity contribution in [3.8, 4) is 5.75 Å². The SMILES string of the molecule is O=C=Nc1cccc(OC2CCCOC2)c1. The summed E-state index contributed by atoms with van der Waals surface area (Å²) < 4.78 is 11.0. The van der Waals surface area contributed by atoms with E-state index in [1.54, 1.807) is 18.2 Å². The first-order valence-corrected chi connectivity index (χ1v) is 5.31. The molecule has 4 heteroatoms. The van der Waals surface area contributed by atoms with E-state index in [1.165, 1.54) is 6.08 Å². The predicted molar refractivity (Wildman–Crippen MR) is 58.7 cm³/mol. The lowest BCUT2D eigenvalue weighted by Gasteiger charge is -2.23. The molecule has 0 bridgehead atoms. The first kappa shape index (κ1) is 10.9. The van der Waals surface area contributed by atoms with E-state index in [1.807, 2.05) is 6.07 Å². The number of ether oxygens (including phenoxy) is 2. The summed E-state index contributed by atoms with van der Waals surface area (Å²) in [5.74, 6) is 0.715. The standard InChI is InChI=1S/C12H13NO3/c14-9-13-10-3-1-4-11(7-10)16-12-5-2-6-15-8-12/h1,3-4,7,12H,2,5-6,8H2. The third kappa shape index (κ3) is 2.92. The summed E-state index contributed by atoms with van der Waals surface area (Å²) in [7, 11) is 0. The molecule has 2 rings (SSSR count). The van der Waals surface area contributed by atoms with Crippen LogP contribution in [-0.4, -0.2) is 25.4 Å². The molecule has 1 heterocycles. The lowest BCUT2D eigenvalue weighted by atomic mass is 10.2. The second kappa shape index (κ2) is 5.45. The molecule has 1 fully saturated rings. The van der Waals surface area contributed by atoms with Crippen molar-refractivity contribution in [3.63, 3.8) is 0 Å². The van der Waals surface area contributed by atoms with Crippen LogP contribution in [0.1, 0.15) is 12.8 Å². The van der Waals surface area contributed by atoms with E-state index >= 15 is 0 Å². The van der Waals surface area contributed by atoms with Gasteiger partial charge in [0.15, 0.2) is 0 Å². The highest BCUT2D eigenvalue weighted by Gasteiger charge is 2.15. The largest absolute Gasteiger partial charge is 0.488 e. The fourth-order valence-electron chi connectivity index (χ4n) is 1.68. The Morgan fingerprint density at radius 1 is 1.50 bits per heavy atom. The second-order valence-corrected chi connectivity index (χ2v) is 3.66. The normalized spacial score (nSPS) is 19.9. The minimum absolute atomic E-state index is 0.101. The van der Waals surface area contributed by atoms with Crippen LogP contribution >= 0.6 is 0 Å². The average Bonchev–Trinajstić information content (AvgIpc) is 2.31. The second-order valence-electron chi connectivity index (χ2n) is 3.66. The van der Waals surface area contributed by atoms with Crippen molar-refractivity contribution in [2.45, 2.75) is 18.9 Å². The molecule has 1 aliphatic rings. The Balaban J connectivity index is 2.02. The summed E-state index contributed by atoms with van der Waals surface area (Å²) in [6, 6.07) is 7.10. The first-order valence-electron chi connectivity index (χ1n) is 5.31. The number of isocyanates is 1. The van der Waals surface area contributed by atoms with Crippen LogP contribution in [0.3, 0.4) is 0 Å². The molecule has 1 atom stereocenters. The van der Waals surface area contributed by atoms with Crippen molar-refractivity contribution >= 4 is 11.8 Å². The minimum Gasteiger partial charge on any atom is -0.488 e. The van der Waals surface area contributed by atoms with E-state index in [0.717, 1.165) is 19.4 Å². The molecule has 4 nitrogen and oxygen atoms in total. The van der Waals surface area contributed by atoms with Gasteiger partial charge in [0.1, 0.15) is 11.9 Å². The van der Waals surface area contributed by atoms with Crippen LogP contribution in [0.15, 0.2) is 29.3 Å². The van der Waals surface area contributed by atoms with Crippen LogP contribution < -0.4 is 4.74 Å². The first-order chi connectivity index (χ1) is 7.88. The van der Waals surface area contributed by atoms with Gasteiger partial charge in [0.25, 0.3) is 0 Å². The van der Waals surface area contributed by atoms with Gasteiger partial charge < -0.3 is 9.47 Å². The van der Waals surface area contributed by atoms with Gasteiger partial charge in [-0.1, -0.05) is 6.07 Å². The minimum atomic E-state index is 0.101. The van der Waals surface area contributed by atoms with Gasteiger partial charge in [0.2, 0.25) is 6.08 Å². The van der Waals surface area contributed by atoms with Gasteiger partial charge in [-0.3, -0.25) is 0 Å². The number of rotatable bonds is 3. The molecule has 1 unspecified atom stereocenters. The maximum absolute atomic E-state index is 10.1. The Bertz CT molecular complexity index is 393. The molecule has 0 N–H and O–H groups in total. The summed E-state index contributed by atoms with van der Waals surface area (Å²) in [6.45, 7) is 1.44. The van der Waals surface area contributed by atoms with Gasteiger partial charge in [-0.25, -0.2) is 4.79 Å². The molecule has 1 aromatic carbocycles. The van der Waals surface area contributed by atoms with Gasteiger partial charge in [0.05, 0.1) is 12.3 Å². The van der Waals surface area contributed by atoms with Crippen LogP contribution in [0.25, 0.3) is 0 Å². The molecule has 1 aliphatic heterocycles. The van der Waals surface area contributed by atoms with Crippen LogP contribution in [0.2, 0.25) is 0 Å². The van der Waals surface area contributed by atoms with E-state index in [4.69, 9.17) is 9.47 Å². The Labute approximate surface area is 93.9 Å². The van der Waals surface area contributed by atoms with Crippen molar-refractivity contribution in [3.05, 3.63) is 24.3 Å². The van der Waals surface area contributed by atoms with E-state index in [-0.39, 0.29) is 6.10 Å². The molecule has 0 radical (unpaired) electrons. The maximum atomic E-state index is 10.1. The zero-order valence-electron chi connectivity index (χ0n) is 8.89. The topological polar surface area (TPSA) is 47.9 Å². The maximum Gasteiger partial charge on any atom is 0.240 e. The summed E-state index contributed by atoms with van der Waals surface area (Å²) in [5.41, 5.74) is 0.559. The summed E-state index contributed by atoms with van der Waals surface area (Å²) >= 11 is 0. The summed E-state index contributed by atoms with van der Waals surface area (Å²) in [5, 5.41) is 0. The molecular weight excluding hydrogens is 206 g/mol. The molecule has 0 amide bonds. The zero-order chi connectivity index (χ0) is 11.2. The van der Waals surface area contributed by atoms with E-state index in [2.05, 4.69) is 4.99 Å². The van der Waals surface area contributed by atoms with Crippen LogP contribution in [-0.2, 0) is 9.53 Å². The predicted octanol–water partition coefficient (Wildman–Crippen LogP) is 2.21. The number of nitrogens with zero attached hydrogens (tertiary/aromatic N) is 1. The van der Waals surface area contributed by atoms with Crippen LogP contribution in [0, 0.1) is 0 Å². The third-order valence-corrected chi connectivity index (χ3v) is 2.41. The highest BCUT2D eigenvalue weighted by molar-refractivity contribution is 5.51. The monoisotopic (exact) mass is 219 g/mol. The zero-order valence-corrected chi connectivity index (χ0v) is 8.89. The van der Waals surface area contributed by atoms with E-state index in [9.17, 15) is 4.79 Å². The molecule has 84 valence electrons. The Kier molecular flexibility index (Phi) is 3.70. The molecule has 0 aromatic heterocycles. The number of carbonyl (C=O) groups excluding carboxylic acids is 1. The van der Waals surface area contributed by atoms with Gasteiger partial charge >= 0.3 is 0 Å². The van der Waals surface area contributed by atoms with Crippen molar-refractivity contribution in [1.29, 1.82) is 0 Å².